The SMILES string of the molecule is COc1cccc(CCN/C=C(/C#N)C(=O)N(C)C2CCCCC2)c1. The summed E-state index contributed by atoms with van der Waals surface area (Å²) in [6.07, 6.45) is 7.96. The molecule has 5 heteroatoms. The highest BCUT2D eigenvalue weighted by Gasteiger charge is 2.24. The lowest BCUT2D eigenvalue weighted by atomic mass is 9.94. The molecule has 1 N–H and O–H groups in total. The van der Waals surface area contributed by atoms with E-state index < -0.39 is 0 Å². The standard InChI is InChI=1S/C20H27N3O2/c1-23(18-8-4-3-5-9-18)20(24)17(14-21)15-22-12-11-16-7-6-10-19(13-16)25-2/h6-7,10,13,15,18,22H,3-5,8-9,11-12H2,1-2H3/b17-15-. The fourth-order valence-electron chi connectivity index (χ4n) is 3.18. The number of amides is 1. The van der Waals surface area contributed by atoms with E-state index in [-0.39, 0.29) is 17.5 Å². The number of hydrogen-bond acceptors (Lipinski definition) is 4. The van der Waals surface area contributed by atoms with Crippen molar-refractivity contribution in [1.29, 1.82) is 5.26 Å². The minimum atomic E-state index is -0.191. The summed E-state index contributed by atoms with van der Waals surface area (Å²) in [4.78, 5) is 14.2. The topological polar surface area (TPSA) is 65.4 Å². The van der Waals surface area contributed by atoms with Crippen LogP contribution in [0.5, 0.6) is 5.75 Å². The van der Waals surface area contributed by atoms with E-state index in [1.54, 1.807) is 25.3 Å². The van der Waals surface area contributed by atoms with Gasteiger partial charge in [-0.05, 0) is 37.0 Å². The van der Waals surface area contributed by atoms with E-state index in [0.717, 1.165) is 43.4 Å². The number of nitrogens with one attached hydrogen (secondary N) is 1. The van der Waals surface area contributed by atoms with Gasteiger partial charge in [0.1, 0.15) is 17.4 Å². The molecule has 0 aliphatic heterocycles. The van der Waals surface area contributed by atoms with Gasteiger partial charge in [0.25, 0.3) is 5.91 Å². The van der Waals surface area contributed by atoms with Gasteiger partial charge in [0, 0.05) is 25.8 Å². The molecule has 1 aliphatic rings. The number of carbonyl (C=O) groups is 1. The molecule has 134 valence electrons. The summed E-state index contributed by atoms with van der Waals surface area (Å²) in [5.74, 6) is 0.637. The second-order valence-electron chi connectivity index (χ2n) is 6.43. The third-order valence-corrected chi connectivity index (χ3v) is 4.73. The molecular weight excluding hydrogens is 314 g/mol. The normalized spacial score (nSPS) is 15.3. The maximum Gasteiger partial charge on any atom is 0.265 e. The molecule has 1 aromatic carbocycles. The summed E-state index contributed by atoms with van der Waals surface area (Å²) in [6.45, 7) is 0.652. The molecule has 0 unspecified atom stereocenters. The number of carbonyl (C=O) groups excluding carboxylic acids is 1. The first kappa shape index (κ1) is 18.9. The number of ether oxygens (including phenoxy) is 1. The van der Waals surface area contributed by atoms with Crippen molar-refractivity contribution in [2.24, 2.45) is 0 Å². The van der Waals surface area contributed by atoms with Crippen LogP contribution in [0.2, 0.25) is 0 Å². The van der Waals surface area contributed by atoms with E-state index in [0.29, 0.717) is 6.54 Å². The predicted octanol–water partition coefficient (Wildman–Crippen LogP) is 3.03. The van der Waals surface area contributed by atoms with Gasteiger partial charge in [0.15, 0.2) is 0 Å². The summed E-state index contributed by atoms with van der Waals surface area (Å²) in [7, 11) is 3.45. The average molecular weight is 341 g/mol. The van der Waals surface area contributed by atoms with Crippen LogP contribution in [0.3, 0.4) is 0 Å². The van der Waals surface area contributed by atoms with Crippen LogP contribution < -0.4 is 10.1 Å². The van der Waals surface area contributed by atoms with Crippen molar-refractivity contribution in [3.8, 4) is 11.8 Å². The van der Waals surface area contributed by atoms with Crippen LogP contribution in [0, 0.1) is 11.3 Å². The van der Waals surface area contributed by atoms with Gasteiger partial charge >= 0.3 is 0 Å². The highest BCUT2D eigenvalue weighted by molar-refractivity contribution is 5.97. The highest BCUT2D eigenvalue weighted by atomic mass is 16.5. The highest BCUT2D eigenvalue weighted by Crippen LogP contribution is 2.22. The van der Waals surface area contributed by atoms with Gasteiger partial charge in [-0.2, -0.15) is 5.26 Å². The van der Waals surface area contributed by atoms with Crippen molar-refractivity contribution in [3.63, 3.8) is 0 Å². The Kier molecular flexibility index (Phi) is 7.34. The second-order valence-corrected chi connectivity index (χ2v) is 6.43. The number of likely N-dealkylation sites (N-methyl/N-ethyl adjacent to an activating group) is 1. The van der Waals surface area contributed by atoms with E-state index in [2.05, 4.69) is 5.32 Å². The Hall–Kier alpha value is -2.48. The van der Waals surface area contributed by atoms with Crippen molar-refractivity contribution in [1.82, 2.24) is 10.2 Å². The van der Waals surface area contributed by atoms with Crippen molar-refractivity contribution in [2.75, 3.05) is 20.7 Å². The zero-order valence-corrected chi connectivity index (χ0v) is 15.1. The van der Waals surface area contributed by atoms with E-state index >= 15 is 0 Å². The molecule has 0 bridgehead atoms. The Labute approximate surface area is 150 Å². The Morgan fingerprint density at radius 1 is 1.40 bits per heavy atom. The first-order valence-electron chi connectivity index (χ1n) is 8.89. The van der Waals surface area contributed by atoms with E-state index in [1.165, 1.54) is 6.42 Å². The first-order valence-corrected chi connectivity index (χ1v) is 8.89. The second kappa shape index (κ2) is 9.73. The fraction of sp³-hybridized carbons (Fsp3) is 0.500. The molecule has 0 heterocycles. The largest absolute Gasteiger partial charge is 0.497 e. The van der Waals surface area contributed by atoms with Crippen LogP contribution in [0.15, 0.2) is 36.0 Å². The van der Waals surface area contributed by atoms with Gasteiger partial charge in [-0.3, -0.25) is 4.79 Å². The van der Waals surface area contributed by atoms with Crippen molar-refractivity contribution < 1.29 is 9.53 Å². The molecule has 1 saturated carbocycles. The van der Waals surface area contributed by atoms with Crippen LogP contribution in [0.1, 0.15) is 37.7 Å². The Bertz CT molecular complexity index is 643. The monoisotopic (exact) mass is 341 g/mol. The minimum Gasteiger partial charge on any atom is -0.497 e. The molecule has 2 rings (SSSR count). The van der Waals surface area contributed by atoms with E-state index in [9.17, 15) is 10.1 Å². The van der Waals surface area contributed by atoms with Crippen molar-refractivity contribution in [2.45, 2.75) is 44.6 Å². The lowest BCUT2D eigenvalue weighted by Crippen LogP contribution is -2.39. The molecule has 25 heavy (non-hydrogen) atoms. The van der Waals surface area contributed by atoms with Crippen LogP contribution in [-0.2, 0) is 11.2 Å². The smallest absolute Gasteiger partial charge is 0.265 e. The van der Waals surface area contributed by atoms with Gasteiger partial charge in [-0.25, -0.2) is 0 Å². The number of nitrogens with zero attached hydrogens (tertiary/aromatic N) is 2. The molecule has 1 aliphatic carbocycles. The Morgan fingerprint density at radius 3 is 2.84 bits per heavy atom. The molecule has 0 atom stereocenters. The molecule has 0 saturated heterocycles. The van der Waals surface area contributed by atoms with Gasteiger partial charge < -0.3 is 15.0 Å². The third kappa shape index (κ3) is 5.53. The van der Waals surface area contributed by atoms with Gasteiger partial charge in [-0.15, -0.1) is 0 Å². The lowest BCUT2D eigenvalue weighted by Gasteiger charge is -2.31. The molecular formula is C20H27N3O2. The van der Waals surface area contributed by atoms with Gasteiger partial charge in [0.05, 0.1) is 7.11 Å². The van der Waals surface area contributed by atoms with Crippen LogP contribution in [0.4, 0.5) is 0 Å². The minimum absolute atomic E-state index is 0.165. The number of methoxy groups -OCH3 is 1. The summed E-state index contributed by atoms with van der Waals surface area (Å²) in [5, 5.41) is 12.4. The number of rotatable bonds is 7. The van der Waals surface area contributed by atoms with Crippen LogP contribution in [-0.4, -0.2) is 37.6 Å². The average Bonchev–Trinajstić information content (AvgIpc) is 2.68. The molecule has 1 aromatic rings. The van der Waals surface area contributed by atoms with Crippen LogP contribution >= 0.6 is 0 Å². The number of nitriles is 1. The van der Waals surface area contributed by atoms with Crippen LogP contribution in [0.25, 0.3) is 0 Å². The number of benzene rings is 1. The molecule has 1 fully saturated rings. The summed E-state index contributed by atoms with van der Waals surface area (Å²) < 4.78 is 5.21. The molecule has 0 radical (unpaired) electrons. The van der Waals surface area contributed by atoms with Gasteiger partial charge in [-0.1, -0.05) is 31.4 Å². The quantitative estimate of drug-likeness (QED) is 0.470. The van der Waals surface area contributed by atoms with Crippen molar-refractivity contribution in [3.05, 3.63) is 41.6 Å². The number of hydrogen-bond donors (Lipinski definition) is 1. The third-order valence-electron chi connectivity index (χ3n) is 4.73. The maximum atomic E-state index is 12.5. The summed E-state index contributed by atoms with van der Waals surface area (Å²) >= 11 is 0. The van der Waals surface area contributed by atoms with Gasteiger partial charge in [0.2, 0.25) is 0 Å². The summed E-state index contributed by atoms with van der Waals surface area (Å²) in [5.41, 5.74) is 1.31. The molecule has 0 aromatic heterocycles. The lowest BCUT2D eigenvalue weighted by molar-refractivity contribution is -0.128. The zero-order valence-electron chi connectivity index (χ0n) is 15.1. The Morgan fingerprint density at radius 2 is 2.16 bits per heavy atom. The zero-order chi connectivity index (χ0) is 18.1. The molecule has 5 nitrogen and oxygen atoms in total. The maximum absolute atomic E-state index is 12.5. The van der Waals surface area contributed by atoms with Crippen molar-refractivity contribution >= 4 is 5.91 Å². The van der Waals surface area contributed by atoms with E-state index in [1.807, 2.05) is 30.3 Å². The first-order chi connectivity index (χ1) is 12.2. The molecule has 0 spiro atoms. The Balaban J connectivity index is 1.86. The predicted molar refractivity (Wildman–Crippen MR) is 98.0 cm³/mol. The fourth-order valence-corrected chi connectivity index (χ4v) is 3.18. The van der Waals surface area contributed by atoms with E-state index in [4.69, 9.17) is 4.74 Å². The summed E-state index contributed by atoms with van der Waals surface area (Å²) in [6, 6.07) is 10.2. The molecule has 1 amide bonds.